The normalized spacial score (nSPS) is 11.8. The van der Waals surface area contributed by atoms with Gasteiger partial charge < -0.3 is 10.2 Å². The summed E-state index contributed by atoms with van der Waals surface area (Å²) < 4.78 is 0. The summed E-state index contributed by atoms with van der Waals surface area (Å²) in [5.41, 5.74) is 0. The van der Waals surface area contributed by atoms with Gasteiger partial charge in [-0.2, -0.15) is 0 Å². The Morgan fingerprint density at radius 1 is 0.450 bits per heavy atom. The van der Waals surface area contributed by atoms with Crippen LogP contribution < -0.4 is 0 Å². The van der Waals surface area contributed by atoms with E-state index in [1.165, 1.54) is 122 Å². The summed E-state index contributed by atoms with van der Waals surface area (Å²) in [5.74, 6) is -1.59. The number of allylic oxidation sites excluding steroid dienone is 9. The minimum atomic E-state index is -0.931. The van der Waals surface area contributed by atoms with Crippen LogP contribution in [0.1, 0.15) is 155 Å². The standard InChI is InChI=1S/C20H30O2.C16H32O2/c1-2-3-4-5-6-7-8-9-10-11-12-13-14-15-16-17-18-19-20(21)22;1-2-3-4-5-6-7-8-9-10-11-12-13-14-15-16(17)18/h10-19H,2-9H2,1H3,(H,21,22);2-15H2,1H3,(H,17,18). The van der Waals surface area contributed by atoms with Crippen LogP contribution in [-0.4, -0.2) is 22.2 Å². The van der Waals surface area contributed by atoms with Gasteiger partial charge in [0.25, 0.3) is 0 Å². The van der Waals surface area contributed by atoms with Gasteiger partial charge in [0.2, 0.25) is 0 Å². The van der Waals surface area contributed by atoms with Gasteiger partial charge in [0.15, 0.2) is 0 Å². The molecular formula is C36H62O4. The van der Waals surface area contributed by atoms with Gasteiger partial charge >= 0.3 is 11.9 Å². The lowest BCUT2D eigenvalue weighted by Crippen LogP contribution is -1.93. The Hall–Kier alpha value is -2.36. The van der Waals surface area contributed by atoms with Crippen molar-refractivity contribution in [1.29, 1.82) is 0 Å². The van der Waals surface area contributed by atoms with Crippen molar-refractivity contribution in [3.63, 3.8) is 0 Å². The predicted octanol–water partition coefficient (Wildman–Crippen LogP) is 11.5. The number of carboxylic acid groups (broad SMARTS) is 2. The lowest BCUT2D eigenvalue weighted by Gasteiger charge is -2.02. The zero-order chi connectivity index (χ0) is 29.8. The molecule has 0 aliphatic carbocycles. The molecule has 40 heavy (non-hydrogen) atoms. The van der Waals surface area contributed by atoms with E-state index < -0.39 is 11.9 Å². The first-order valence-electron chi connectivity index (χ1n) is 16.3. The van der Waals surface area contributed by atoms with Crippen LogP contribution in [-0.2, 0) is 9.59 Å². The van der Waals surface area contributed by atoms with Crippen LogP contribution in [0.2, 0.25) is 0 Å². The number of rotatable bonds is 27. The molecule has 0 saturated carbocycles. The van der Waals surface area contributed by atoms with Crippen molar-refractivity contribution >= 4 is 11.9 Å². The monoisotopic (exact) mass is 558 g/mol. The molecule has 230 valence electrons. The topological polar surface area (TPSA) is 74.6 Å². The predicted molar refractivity (Wildman–Crippen MR) is 174 cm³/mol. The van der Waals surface area contributed by atoms with Gasteiger partial charge in [-0.3, -0.25) is 4.79 Å². The molecule has 0 atom stereocenters. The molecule has 0 heterocycles. The van der Waals surface area contributed by atoms with Gasteiger partial charge in [-0.1, -0.05) is 184 Å². The highest BCUT2D eigenvalue weighted by atomic mass is 16.4. The van der Waals surface area contributed by atoms with E-state index in [9.17, 15) is 9.59 Å². The van der Waals surface area contributed by atoms with Gasteiger partial charge in [0.1, 0.15) is 0 Å². The molecule has 0 aromatic rings. The highest BCUT2D eigenvalue weighted by Crippen LogP contribution is 2.13. The maximum absolute atomic E-state index is 10.3. The van der Waals surface area contributed by atoms with E-state index in [1.54, 1.807) is 12.2 Å². The Balaban J connectivity index is 0. The number of hydrogen-bond acceptors (Lipinski definition) is 2. The molecule has 0 spiro atoms. The molecule has 0 amide bonds. The largest absolute Gasteiger partial charge is 0.481 e. The van der Waals surface area contributed by atoms with Crippen LogP contribution in [0.3, 0.4) is 0 Å². The minimum absolute atomic E-state index is 0.345. The molecule has 0 aromatic carbocycles. The van der Waals surface area contributed by atoms with Gasteiger partial charge in [-0.05, 0) is 19.3 Å². The second kappa shape index (κ2) is 36.6. The van der Waals surface area contributed by atoms with Crippen LogP contribution in [0.5, 0.6) is 0 Å². The molecule has 0 saturated heterocycles. The molecule has 0 radical (unpaired) electrons. The van der Waals surface area contributed by atoms with Crippen molar-refractivity contribution < 1.29 is 19.8 Å². The van der Waals surface area contributed by atoms with Gasteiger partial charge in [-0.15, -0.1) is 0 Å². The lowest BCUT2D eigenvalue weighted by molar-refractivity contribution is -0.137. The number of aliphatic carboxylic acids is 2. The third-order valence-corrected chi connectivity index (χ3v) is 6.62. The fraction of sp³-hybridized carbons (Fsp3) is 0.667. The van der Waals surface area contributed by atoms with Crippen molar-refractivity contribution in [3.8, 4) is 0 Å². The van der Waals surface area contributed by atoms with Crippen molar-refractivity contribution in [3.05, 3.63) is 60.8 Å². The molecule has 0 aromatic heterocycles. The summed E-state index contributed by atoms with van der Waals surface area (Å²) in [5, 5.41) is 16.9. The van der Waals surface area contributed by atoms with Crippen LogP contribution in [0.25, 0.3) is 0 Å². The zero-order valence-corrected chi connectivity index (χ0v) is 26.0. The Morgan fingerprint density at radius 2 is 0.800 bits per heavy atom. The van der Waals surface area contributed by atoms with Crippen molar-refractivity contribution in [2.24, 2.45) is 0 Å². The van der Waals surface area contributed by atoms with E-state index in [4.69, 9.17) is 10.2 Å². The first-order valence-corrected chi connectivity index (χ1v) is 16.3. The number of carboxylic acids is 2. The van der Waals surface area contributed by atoms with E-state index in [0.717, 1.165) is 25.3 Å². The SMILES string of the molecule is CCCCCCCCCC=CC=CC=CC=CC=CC(=O)O.CCCCCCCCCCCCCCCC(=O)O. The second-order valence-corrected chi connectivity index (χ2v) is 10.6. The Bertz CT molecular complexity index is 685. The van der Waals surface area contributed by atoms with E-state index in [1.807, 2.05) is 24.3 Å². The summed E-state index contributed by atoms with van der Waals surface area (Å²) >= 11 is 0. The molecular weight excluding hydrogens is 496 g/mol. The molecule has 0 bridgehead atoms. The molecule has 4 heteroatoms. The van der Waals surface area contributed by atoms with Crippen LogP contribution in [0, 0.1) is 0 Å². The molecule has 0 rings (SSSR count). The summed E-state index contributed by atoms with van der Waals surface area (Å²) in [4.78, 5) is 20.5. The molecule has 0 unspecified atom stereocenters. The van der Waals surface area contributed by atoms with E-state index in [0.29, 0.717) is 6.42 Å². The van der Waals surface area contributed by atoms with Gasteiger partial charge in [0.05, 0.1) is 0 Å². The van der Waals surface area contributed by atoms with Crippen LogP contribution in [0.4, 0.5) is 0 Å². The summed E-state index contributed by atoms with van der Waals surface area (Å²) in [6.07, 6.45) is 46.0. The maximum atomic E-state index is 10.3. The minimum Gasteiger partial charge on any atom is -0.481 e. The molecule has 0 aliphatic heterocycles. The average molecular weight is 559 g/mol. The first kappa shape index (κ1) is 39.8. The summed E-state index contributed by atoms with van der Waals surface area (Å²) in [6.45, 7) is 4.51. The average Bonchev–Trinajstić information content (AvgIpc) is 2.93. The van der Waals surface area contributed by atoms with E-state index >= 15 is 0 Å². The number of unbranched alkanes of at least 4 members (excludes halogenated alkanes) is 19. The quantitative estimate of drug-likeness (QED) is 0.0597. The summed E-state index contributed by atoms with van der Waals surface area (Å²) in [7, 11) is 0. The van der Waals surface area contributed by atoms with E-state index in [-0.39, 0.29) is 0 Å². The highest BCUT2D eigenvalue weighted by Gasteiger charge is 1.97. The highest BCUT2D eigenvalue weighted by molar-refractivity contribution is 5.80. The Morgan fingerprint density at radius 3 is 1.20 bits per heavy atom. The molecule has 4 nitrogen and oxygen atoms in total. The fourth-order valence-corrected chi connectivity index (χ4v) is 4.21. The molecule has 0 fully saturated rings. The van der Waals surface area contributed by atoms with Crippen molar-refractivity contribution in [1.82, 2.24) is 0 Å². The lowest BCUT2D eigenvalue weighted by atomic mass is 10.0. The van der Waals surface area contributed by atoms with Gasteiger partial charge in [-0.25, -0.2) is 4.79 Å². The number of carbonyl (C=O) groups is 2. The van der Waals surface area contributed by atoms with Crippen LogP contribution >= 0.6 is 0 Å². The Labute approximate surface area is 247 Å². The Kier molecular flexibility index (Phi) is 36.4. The number of hydrogen-bond donors (Lipinski definition) is 2. The molecule has 2 N–H and O–H groups in total. The molecule has 0 aliphatic rings. The van der Waals surface area contributed by atoms with Crippen molar-refractivity contribution in [2.75, 3.05) is 0 Å². The third kappa shape index (κ3) is 42.7. The smallest absolute Gasteiger partial charge is 0.328 e. The second-order valence-electron chi connectivity index (χ2n) is 10.6. The van der Waals surface area contributed by atoms with E-state index in [2.05, 4.69) is 26.0 Å². The summed E-state index contributed by atoms with van der Waals surface area (Å²) in [6, 6.07) is 0. The fourth-order valence-electron chi connectivity index (χ4n) is 4.21. The maximum Gasteiger partial charge on any atom is 0.328 e. The third-order valence-electron chi connectivity index (χ3n) is 6.62. The van der Waals surface area contributed by atoms with Gasteiger partial charge in [0, 0.05) is 12.5 Å². The zero-order valence-electron chi connectivity index (χ0n) is 26.0. The first-order chi connectivity index (χ1) is 19.5. The van der Waals surface area contributed by atoms with Crippen LogP contribution in [0.15, 0.2) is 60.8 Å². The van der Waals surface area contributed by atoms with Crippen molar-refractivity contribution in [2.45, 2.75) is 155 Å².